The first-order valence-corrected chi connectivity index (χ1v) is 6.47. The van der Waals surface area contributed by atoms with Gasteiger partial charge in [0.2, 0.25) is 0 Å². The lowest BCUT2D eigenvalue weighted by atomic mass is 10.1. The van der Waals surface area contributed by atoms with Crippen molar-refractivity contribution in [1.82, 2.24) is 0 Å². The molecule has 0 spiro atoms. The fraction of sp³-hybridized carbons (Fsp3) is 0.188. The van der Waals surface area contributed by atoms with Crippen LogP contribution in [0.3, 0.4) is 0 Å². The van der Waals surface area contributed by atoms with Crippen LogP contribution in [0, 0.1) is 0 Å². The van der Waals surface area contributed by atoms with Gasteiger partial charge in [-0.05, 0) is 36.8 Å². The fourth-order valence-electron chi connectivity index (χ4n) is 1.81. The number of aliphatic hydroxyl groups excluding tert-OH is 1. The largest absolute Gasteiger partial charge is 0.492 e. The number of aliphatic hydroxyl groups is 1. The van der Waals surface area contributed by atoms with Gasteiger partial charge in [-0.3, -0.25) is 4.79 Å². The van der Waals surface area contributed by atoms with E-state index in [4.69, 9.17) is 9.84 Å². The Kier molecular flexibility index (Phi) is 4.74. The van der Waals surface area contributed by atoms with Crippen LogP contribution in [0.15, 0.2) is 48.5 Å². The Morgan fingerprint density at radius 3 is 2.50 bits per heavy atom. The Morgan fingerprint density at radius 1 is 1.15 bits per heavy atom. The third-order valence-corrected chi connectivity index (χ3v) is 2.83. The predicted octanol–water partition coefficient (Wildman–Crippen LogP) is 2.83. The SMILES string of the molecule is CCOc1ccccc1NC(=O)c1ccc(CO)cc1. The van der Waals surface area contributed by atoms with E-state index in [2.05, 4.69) is 5.32 Å². The van der Waals surface area contributed by atoms with Gasteiger partial charge in [-0.1, -0.05) is 24.3 Å². The molecule has 0 aromatic heterocycles. The summed E-state index contributed by atoms with van der Waals surface area (Å²) in [6.45, 7) is 2.40. The number of rotatable bonds is 5. The zero-order valence-corrected chi connectivity index (χ0v) is 11.3. The van der Waals surface area contributed by atoms with Crippen molar-refractivity contribution >= 4 is 11.6 Å². The van der Waals surface area contributed by atoms with Crippen molar-refractivity contribution in [3.63, 3.8) is 0 Å². The molecule has 0 aliphatic rings. The predicted molar refractivity (Wildman–Crippen MR) is 77.9 cm³/mol. The molecule has 4 nitrogen and oxygen atoms in total. The van der Waals surface area contributed by atoms with E-state index < -0.39 is 0 Å². The van der Waals surface area contributed by atoms with Crippen LogP contribution < -0.4 is 10.1 Å². The molecule has 0 fully saturated rings. The number of carbonyl (C=O) groups is 1. The Balaban J connectivity index is 2.14. The second kappa shape index (κ2) is 6.73. The third-order valence-electron chi connectivity index (χ3n) is 2.83. The normalized spacial score (nSPS) is 10.1. The van der Waals surface area contributed by atoms with E-state index in [9.17, 15) is 4.79 Å². The van der Waals surface area contributed by atoms with Gasteiger partial charge in [-0.15, -0.1) is 0 Å². The smallest absolute Gasteiger partial charge is 0.255 e. The second-order valence-electron chi connectivity index (χ2n) is 4.24. The summed E-state index contributed by atoms with van der Waals surface area (Å²) < 4.78 is 5.46. The fourth-order valence-corrected chi connectivity index (χ4v) is 1.81. The molecule has 0 atom stereocenters. The standard InChI is InChI=1S/C16H17NO3/c1-2-20-15-6-4-3-5-14(15)17-16(19)13-9-7-12(11-18)8-10-13/h3-10,18H,2,11H2,1H3,(H,17,19). The minimum atomic E-state index is -0.207. The molecule has 0 aliphatic carbocycles. The summed E-state index contributed by atoms with van der Waals surface area (Å²) in [7, 11) is 0. The summed E-state index contributed by atoms with van der Waals surface area (Å²) in [6, 6.07) is 14.1. The summed E-state index contributed by atoms with van der Waals surface area (Å²) in [6.07, 6.45) is 0. The number of amides is 1. The van der Waals surface area contributed by atoms with Crippen LogP contribution in [0.1, 0.15) is 22.8 Å². The summed E-state index contributed by atoms with van der Waals surface area (Å²) >= 11 is 0. The number of carbonyl (C=O) groups excluding carboxylic acids is 1. The average Bonchev–Trinajstić information content (AvgIpc) is 2.49. The Labute approximate surface area is 118 Å². The number of anilines is 1. The molecule has 2 rings (SSSR count). The molecule has 104 valence electrons. The molecule has 0 saturated heterocycles. The van der Waals surface area contributed by atoms with E-state index in [0.29, 0.717) is 23.6 Å². The van der Waals surface area contributed by atoms with Crippen LogP contribution in [-0.4, -0.2) is 17.6 Å². The number of ether oxygens (including phenoxy) is 1. The quantitative estimate of drug-likeness (QED) is 0.879. The number of hydrogen-bond acceptors (Lipinski definition) is 3. The molecule has 0 heterocycles. The first kappa shape index (κ1) is 14.1. The Morgan fingerprint density at radius 2 is 1.85 bits per heavy atom. The number of benzene rings is 2. The molecule has 0 bridgehead atoms. The van der Waals surface area contributed by atoms with Crippen LogP contribution in [-0.2, 0) is 6.61 Å². The van der Waals surface area contributed by atoms with Gasteiger partial charge in [0.15, 0.2) is 0 Å². The second-order valence-corrected chi connectivity index (χ2v) is 4.24. The summed E-state index contributed by atoms with van der Waals surface area (Å²) in [5, 5.41) is 11.8. The summed E-state index contributed by atoms with van der Waals surface area (Å²) in [5.74, 6) is 0.442. The number of nitrogens with one attached hydrogen (secondary N) is 1. The van der Waals surface area contributed by atoms with Crippen molar-refractivity contribution in [3.05, 3.63) is 59.7 Å². The van der Waals surface area contributed by atoms with E-state index in [1.807, 2.05) is 25.1 Å². The van der Waals surface area contributed by atoms with Crippen molar-refractivity contribution in [3.8, 4) is 5.75 Å². The molecule has 1 amide bonds. The van der Waals surface area contributed by atoms with Crippen LogP contribution in [0.4, 0.5) is 5.69 Å². The zero-order chi connectivity index (χ0) is 14.4. The molecule has 2 aromatic carbocycles. The van der Waals surface area contributed by atoms with Crippen molar-refractivity contribution in [2.24, 2.45) is 0 Å². The average molecular weight is 271 g/mol. The molecule has 0 radical (unpaired) electrons. The molecule has 2 N–H and O–H groups in total. The van der Waals surface area contributed by atoms with Crippen LogP contribution >= 0.6 is 0 Å². The lowest BCUT2D eigenvalue weighted by Gasteiger charge is -2.11. The highest BCUT2D eigenvalue weighted by molar-refractivity contribution is 6.05. The van der Waals surface area contributed by atoms with Gasteiger partial charge >= 0.3 is 0 Å². The highest BCUT2D eigenvalue weighted by Gasteiger charge is 2.09. The molecule has 4 heteroatoms. The van der Waals surface area contributed by atoms with E-state index in [0.717, 1.165) is 5.56 Å². The third kappa shape index (κ3) is 3.36. The van der Waals surface area contributed by atoms with Crippen LogP contribution in [0.2, 0.25) is 0 Å². The van der Waals surface area contributed by atoms with E-state index in [-0.39, 0.29) is 12.5 Å². The lowest BCUT2D eigenvalue weighted by Crippen LogP contribution is -2.13. The molecule has 20 heavy (non-hydrogen) atoms. The highest BCUT2D eigenvalue weighted by Crippen LogP contribution is 2.24. The first-order chi connectivity index (χ1) is 9.74. The summed E-state index contributed by atoms with van der Waals surface area (Å²) in [4.78, 5) is 12.1. The molecule has 0 saturated carbocycles. The van der Waals surface area contributed by atoms with E-state index >= 15 is 0 Å². The van der Waals surface area contributed by atoms with Gasteiger partial charge in [0, 0.05) is 5.56 Å². The molecular formula is C16H17NO3. The van der Waals surface area contributed by atoms with Gasteiger partial charge in [0.25, 0.3) is 5.91 Å². The van der Waals surface area contributed by atoms with Gasteiger partial charge in [-0.2, -0.15) is 0 Å². The Bertz CT molecular complexity index is 579. The van der Waals surface area contributed by atoms with Gasteiger partial charge in [0.1, 0.15) is 5.75 Å². The number of para-hydroxylation sites is 2. The lowest BCUT2D eigenvalue weighted by molar-refractivity contribution is 0.102. The van der Waals surface area contributed by atoms with Gasteiger partial charge in [-0.25, -0.2) is 0 Å². The molecule has 2 aromatic rings. The molecule has 0 aliphatic heterocycles. The van der Waals surface area contributed by atoms with Crippen molar-refractivity contribution in [1.29, 1.82) is 0 Å². The van der Waals surface area contributed by atoms with E-state index in [1.165, 1.54) is 0 Å². The van der Waals surface area contributed by atoms with Crippen molar-refractivity contribution in [2.45, 2.75) is 13.5 Å². The maximum Gasteiger partial charge on any atom is 0.255 e. The van der Waals surface area contributed by atoms with Crippen LogP contribution in [0.5, 0.6) is 5.75 Å². The first-order valence-electron chi connectivity index (χ1n) is 6.47. The number of hydrogen-bond donors (Lipinski definition) is 2. The van der Waals surface area contributed by atoms with E-state index in [1.54, 1.807) is 30.3 Å². The minimum absolute atomic E-state index is 0.0327. The minimum Gasteiger partial charge on any atom is -0.492 e. The topological polar surface area (TPSA) is 58.6 Å². The molecular weight excluding hydrogens is 254 g/mol. The maximum atomic E-state index is 12.1. The van der Waals surface area contributed by atoms with Crippen molar-refractivity contribution in [2.75, 3.05) is 11.9 Å². The molecule has 0 unspecified atom stereocenters. The summed E-state index contributed by atoms with van der Waals surface area (Å²) in [5.41, 5.74) is 1.95. The Hall–Kier alpha value is -2.33. The highest BCUT2D eigenvalue weighted by atomic mass is 16.5. The monoisotopic (exact) mass is 271 g/mol. The zero-order valence-electron chi connectivity index (χ0n) is 11.3. The maximum absolute atomic E-state index is 12.1. The van der Waals surface area contributed by atoms with Crippen molar-refractivity contribution < 1.29 is 14.6 Å². The van der Waals surface area contributed by atoms with Gasteiger partial charge < -0.3 is 15.2 Å². The van der Waals surface area contributed by atoms with Crippen LogP contribution in [0.25, 0.3) is 0 Å². The van der Waals surface area contributed by atoms with Gasteiger partial charge in [0.05, 0.1) is 18.9 Å².